The van der Waals surface area contributed by atoms with Crippen molar-refractivity contribution in [1.82, 2.24) is 4.68 Å². The van der Waals surface area contributed by atoms with Crippen molar-refractivity contribution >= 4 is 23.2 Å². The predicted octanol–water partition coefficient (Wildman–Crippen LogP) is 0.333. The molecule has 0 saturated carbocycles. The van der Waals surface area contributed by atoms with Crippen molar-refractivity contribution in [2.75, 3.05) is 5.84 Å². The van der Waals surface area contributed by atoms with Gasteiger partial charge in [-0.15, -0.1) is 4.68 Å². The van der Waals surface area contributed by atoms with Crippen LogP contribution in [0.1, 0.15) is 0 Å². The predicted molar refractivity (Wildman–Crippen MR) is 35.8 cm³/mol. The second-order valence-electron chi connectivity index (χ2n) is 1.72. The van der Waals surface area contributed by atoms with Crippen molar-refractivity contribution in [3.05, 3.63) is 16.6 Å². The third-order valence-corrected chi connectivity index (χ3v) is 1.92. The minimum atomic E-state index is 0.346. The first kappa shape index (κ1) is 6.71. The second-order valence-corrected chi connectivity index (χ2v) is 2.43. The van der Waals surface area contributed by atoms with Gasteiger partial charge in [0.05, 0.1) is 7.05 Å². The molecule has 9 heavy (non-hydrogen) atoms. The number of nitrogens with two attached hydrogens (primary N) is 1. The molecule has 0 amide bonds. The van der Waals surface area contributed by atoms with Crippen LogP contribution in [0.3, 0.4) is 0 Å². The van der Waals surface area contributed by atoms with Gasteiger partial charge in [0, 0.05) is 0 Å². The molecule has 1 heterocycles. The van der Waals surface area contributed by atoms with E-state index in [-0.39, 0.29) is 0 Å². The van der Waals surface area contributed by atoms with Gasteiger partial charge in [-0.3, -0.25) is 5.84 Å². The monoisotopic (exact) mass is 166 g/mol. The molecule has 0 radical (unpaired) electrons. The fourth-order valence-corrected chi connectivity index (χ4v) is 0.858. The van der Waals surface area contributed by atoms with Crippen molar-refractivity contribution in [2.24, 2.45) is 7.05 Å². The average molecular weight is 167 g/mol. The third kappa shape index (κ3) is 0.976. The number of nitrogens with zero attached hydrogens (tertiary/aromatic N) is 2. The van der Waals surface area contributed by atoms with Crippen LogP contribution in [0.4, 0.5) is 0 Å². The van der Waals surface area contributed by atoms with Gasteiger partial charge in [-0.25, -0.2) is 4.57 Å². The molecule has 0 aliphatic carbocycles. The van der Waals surface area contributed by atoms with E-state index in [4.69, 9.17) is 29.0 Å². The summed E-state index contributed by atoms with van der Waals surface area (Å²) in [6.07, 6.45) is 1.59. The van der Waals surface area contributed by atoms with Crippen molar-refractivity contribution < 1.29 is 4.57 Å². The minimum absolute atomic E-state index is 0.346. The molecule has 0 aliphatic heterocycles. The van der Waals surface area contributed by atoms with E-state index in [2.05, 4.69) is 0 Å². The van der Waals surface area contributed by atoms with E-state index in [0.29, 0.717) is 10.3 Å². The van der Waals surface area contributed by atoms with E-state index in [1.807, 2.05) is 0 Å². The van der Waals surface area contributed by atoms with Crippen LogP contribution >= 0.6 is 23.2 Å². The standard InChI is InChI=1S/C4H6Cl2N3/c1-8-2-9(7)4(6)3(8)5/h2H,7H2,1H3/q+1. The first-order chi connectivity index (χ1) is 4.13. The van der Waals surface area contributed by atoms with Gasteiger partial charge in [0.1, 0.15) is 0 Å². The molecule has 0 atom stereocenters. The largest absolute Gasteiger partial charge is 0.278 e. The maximum absolute atomic E-state index is 5.63. The van der Waals surface area contributed by atoms with E-state index in [1.54, 1.807) is 17.9 Å². The molecule has 1 aromatic rings. The molecule has 3 nitrogen and oxygen atoms in total. The van der Waals surface area contributed by atoms with Gasteiger partial charge in [-0.2, -0.15) is 0 Å². The average Bonchev–Trinajstić information content (AvgIpc) is 1.98. The summed E-state index contributed by atoms with van der Waals surface area (Å²) in [6.45, 7) is 0. The van der Waals surface area contributed by atoms with Crippen molar-refractivity contribution in [3.63, 3.8) is 0 Å². The summed E-state index contributed by atoms with van der Waals surface area (Å²) < 4.78 is 2.88. The van der Waals surface area contributed by atoms with Gasteiger partial charge >= 0.3 is 0 Å². The molecule has 2 N–H and O–H groups in total. The Morgan fingerprint density at radius 3 is 2.33 bits per heavy atom. The Balaban J connectivity index is 3.29. The van der Waals surface area contributed by atoms with Gasteiger partial charge in [0.15, 0.2) is 0 Å². The van der Waals surface area contributed by atoms with Crippen LogP contribution in [0.25, 0.3) is 0 Å². The fraction of sp³-hybridized carbons (Fsp3) is 0.250. The van der Waals surface area contributed by atoms with E-state index in [1.165, 1.54) is 4.68 Å². The topological polar surface area (TPSA) is 34.8 Å². The quantitative estimate of drug-likeness (QED) is 0.438. The van der Waals surface area contributed by atoms with Crippen LogP contribution in [0.5, 0.6) is 0 Å². The molecule has 0 spiro atoms. The van der Waals surface area contributed by atoms with Gasteiger partial charge in [0.2, 0.25) is 0 Å². The first-order valence-corrected chi connectivity index (χ1v) is 3.05. The van der Waals surface area contributed by atoms with Crippen LogP contribution in [-0.4, -0.2) is 4.68 Å². The van der Waals surface area contributed by atoms with Crippen LogP contribution in [-0.2, 0) is 7.05 Å². The Hall–Kier alpha value is -0.410. The van der Waals surface area contributed by atoms with Gasteiger partial charge < -0.3 is 0 Å². The van der Waals surface area contributed by atoms with Crippen LogP contribution in [0, 0.1) is 0 Å². The molecule has 0 saturated heterocycles. The number of hydrogen-bond donors (Lipinski definition) is 1. The number of aryl methyl sites for hydroxylation is 1. The van der Waals surface area contributed by atoms with Crippen molar-refractivity contribution in [3.8, 4) is 0 Å². The molecule has 50 valence electrons. The molecular formula is C4H6Cl2N3+. The molecule has 0 aromatic carbocycles. The van der Waals surface area contributed by atoms with Crippen LogP contribution in [0.2, 0.25) is 10.3 Å². The highest BCUT2D eigenvalue weighted by Crippen LogP contribution is 2.14. The van der Waals surface area contributed by atoms with Gasteiger partial charge in [-0.05, 0) is 23.2 Å². The highest BCUT2D eigenvalue weighted by atomic mass is 35.5. The number of rotatable bonds is 0. The summed E-state index contributed by atoms with van der Waals surface area (Å²) in [5.74, 6) is 5.32. The zero-order chi connectivity index (χ0) is 7.02. The smallest absolute Gasteiger partial charge is 0.268 e. The Labute approximate surface area is 62.6 Å². The summed E-state index contributed by atoms with van der Waals surface area (Å²) in [6, 6.07) is 0. The lowest BCUT2D eigenvalue weighted by Gasteiger charge is -1.78. The number of halogens is 2. The SMILES string of the molecule is C[n+]1cn(N)c(Cl)c1Cl. The molecule has 5 heteroatoms. The lowest BCUT2D eigenvalue weighted by Crippen LogP contribution is -2.26. The van der Waals surface area contributed by atoms with E-state index in [9.17, 15) is 0 Å². The van der Waals surface area contributed by atoms with Crippen molar-refractivity contribution in [2.45, 2.75) is 0 Å². The summed E-state index contributed by atoms with van der Waals surface area (Å²) >= 11 is 11.2. The van der Waals surface area contributed by atoms with E-state index in [0.717, 1.165) is 0 Å². The van der Waals surface area contributed by atoms with Crippen LogP contribution < -0.4 is 10.4 Å². The zero-order valence-corrected chi connectivity index (χ0v) is 6.32. The lowest BCUT2D eigenvalue weighted by molar-refractivity contribution is -0.668. The first-order valence-electron chi connectivity index (χ1n) is 2.30. The number of aromatic nitrogens is 2. The summed E-state index contributed by atoms with van der Waals surface area (Å²) in [5.41, 5.74) is 0. The number of hydrogen-bond acceptors (Lipinski definition) is 1. The number of imidazole rings is 1. The molecule has 0 fully saturated rings. The maximum Gasteiger partial charge on any atom is 0.278 e. The minimum Gasteiger partial charge on any atom is -0.268 e. The van der Waals surface area contributed by atoms with E-state index >= 15 is 0 Å². The second kappa shape index (κ2) is 2.08. The molecule has 1 aromatic heterocycles. The molecule has 0 bridgehead atoms. The lowest BCUT2D eigenvalue weighted by atomic mass is 10.9. The molecular weight excluding hydrogens is 161 g/mol. The normalized spacial score (nSPS) is 10.1. The Morgan fingerprint density at radius 2 is 2.22 bits per heavy atom. The van der Waals surface area contributed by atoms with Crippen molar-refractivity contribution in [1.29, 1.82) is 0 Å². The highest BCUT2D eigenvalue weighted by Gasteiger charge is 2.14. The Morgan fingerprint density at radius 1 is 1.67 bits per heavy atom. The summed E-state index contributed by atoms with van der Waals surface area (Å²) in [7, 11) is 1.76. The Bertz CT molecular complexity index is 207. The maximum atomic E-state index is 5.63. The zero-order valence-electron chi connectivity index (χ0n) is 4.81. The molecule has 0 unspecified atom stereocenters. The Kier molecular flexibility index (Phi) is 1.55. The fourth-order valence-electron chi connectivity index (χ4n) is 0.540. The molecule has 0 aliphatic rings. The van der Waals surface area contributed by atoms with Gasteiger partial charge in [-0.1, -0.05) is 0 Å². The van der Waals surface area contributed by atoms with Gasteiger partial charge in [0.25, 0.3) is 16.6 Å². The third-order valence-electron chi connectivity index (χ3n) is 1.00. The highest BCUT2D eigenvalue weighted by molar-refractivity contribution is 6.39. The number of nitrogen functional groups attached to an aromatic ring is 1. The van der Waals surface area contributed by atoms with Crippen LogP contribution in [0.15, 0.2) is 6.33 Å². The van der Waals surface area contributed by atoms with E-state index < -0.39 is 0 Å². The summed E-state index contributed by atoms with van der Waals surface area (Å²) in [5, 5.41) is 0.790. The summed E-state index contributed by atoms with van der Waals surface area (Å²) in [4.78, 5) is 0. The molecule has 1 rings (SSSR count).